The van der Waals surface area contributed by atoms with Gasteiger partial charge in [-0.1, -0.05) is 12.8 Å². The molecule has 1 fully saturated rings. The third kappa shape index (κ3) is 4.34. The number of sulfonamides is 1. The number of amides is 1. The average molecular weight is 447 g/mol. The zero-order chi connectivity index (χ0) is 22.0. The summed E-state index contributed by atoms with van der Waals surface area (Å²) in [6, 6.07) is 4.50. The van der Waals surface area contributed by atoms with Crippen molar-refractivity contribution >= 4 is 15.9 Å². The summed E-state index contributed by atoms with van der Waals surface area (Å²) in [7, 11) is -0.391. The molecule has 1 aliphatic heterocycles. The minimum atomic E-state index is -3.75. The Labute approximate surface area is 183 Å². The molecule has 1 aliphatic carbocycles. The maximum Gasteiger partial charge on any atom is 0.251 e. The van der Waals surface area contributed by atoms with Crippen molar-refractivity contribution in [2.45, 2.75) is 55.9 Å². The molecule has 31 heavy (non-hydrogen) atoms. The summed E-state index contributed by atoms with van der Waals surface area (Å²) < 4.78 is 35.4. The maximum atomic E-state index is 13.4. The van der Waals surface area contributed by atoms with Gasteiger partial charge in [-0.25, -0.2) is 8.42 Å². The molecule has 1 aromatic carbocycles. The first kappa shape index (κ1) is 21.8. The summed E-state index contributed by atoms with van der Waals surface area (Å²) in [5.41, 5.74) is 2.48. The Hall–Kier alpha value is -2.39. The van der Waals surface area contributed by atoms with E-state index >= 15 is 0 Å². The zero-order valence-corrected chi connectivity index (χ0v) is 19.0. The maximum absolute atomic E-state index is 13.4. The monoisotopic (exact) mass is 446 g/mol. The minimum absolute atomic E-state index is 0.0512. The summed E-state index contributed by atoms with van der Waals surface area (Å²) >= 11 is 0. The smallest absolute Gasteiger partial charge is 0.251 e. The number of rotatable bonds is 5. The molecule has 1 aromatic heterocycles. The summed E-state index contributed by atoms with van der Waals surface area (Å²) in [4.78, 5) is 13.1. The molecule has 2 aliphatic rings. The van der Waals surface area contributed by atoms with Crippen molar-refractivity contribution in [2.24, 2.45) is 7.05 Å². The van der Waals surface area contributed by atoms with Crippen molar-refractivity contribution in [2.75, 3.05) is 20.2 Å². The first-order chi connectivity index (χ1) is 14.9. The Morgan fingerprint density at radius 2 is 1.90 bits per heavy atom. The zero-order valence-electron chi connectivity index (χ0n) is 18.1. The van der Waals surface area contributed by atoms with Gasteiger partial charge in [0.25, 0.3) is 5.91 Å². The molecule has 0 spiro atoms. The van der Waals surface area contributed by atoms with Gasteiger partial charge in [0.2, 0.25) is 10.0 Å². The molecule has 1 atom stereocenters. The largest absolute Gasteiger partial charge is 0.495 e. The van der Waals surface area contributed by atoms with Gasteiger partial charge in [0.15, 0.2) is 0 Å². The van der Waals surface area contributed by atoms with Crippen LogP contribution in [0.4, 0.5) is 0 Å². The van der Waals surface area contributed by atoms with E-state index in [2.05, 4.69) is 10.4 Å². The van der Waals surface area contributed by atoms with E-state index in [1.165, 1.54) is 17.5 Å². The third-order valence-electron chi connectivity index (χ3n) is 6.29. The van der Waals surface area contributed by atoms with E-state index in [0.717, 1.165) is 56.2 Å². The standard InChI is InChI=1S/C22H30N4O4S/c1-25-19-9-7-8-18(17(19)15-23-25)24-22(27)16-10-11-20(30-2)21(14-16)31(28,29)26-12-5-3-4-6-13-26/h10-11,14-15,18H,3-9,12-13H2,1-2H3,(H,24,27). The molecule has 1 saturated heterocycles. The average Bonchev–Trinajstić information content (AvgIpc) is 2.97. The van der Waals surface area contributed by atoms with Crippen molar-refractivity contribution < 1.29 is 17.9 Å². The lowest BCUT2D eigenvalue weighted by atomic mass is 9.93. The van der Waals surface area contributed by atoms with Gasteiger partial charge in [0.05, 0.1) is 19.3 Å². The van der Waals surface area contributed by atoms with E-state index in [1.807, 2.05) is 17.9 Å². The Kier molecular flexibility index (Phi) is 6.34. The molecule has 8 nitrogen and oxygen atoms in total. The number of nitrogens with zero attached hydrogens (tertiary/aromatic N) is 3. The topological polar surface area (TPSA) is 93.5 Å². The number of fused-ring (bicyclic) bond motifs is 1. The van der Waals surface area contributed by atoms with Gasteiger partial charge in [-0.2, -0.15) is 9.40 Å². The fourth-order valence-corrected chi connectivity index (χ4v) is 6.24. The van der Waals surface area contributed by atoms with E-state index in [1.54, 1.807) is 12.1 Å². The summed E-state index contributed by atoms with van der Waals surface area (Å²) in [5.74, 6) is -0.0373. The number of hydrogen-bond donors (Lipinski definition) is 1. The number of nitrogens with one attached hydrogen (secondary N) is 1. The lowest BCUT2D eigenvalue weighted by molar-refractivity contribution is 0.0932. The first-order valence-electron chi connectivity index (χ1n) is 10.9. The summed E-state index contributed by atoms with van der Waals surface area (Å²) in [5, 5.41) is 7.39. The number of carbonyl (C=O) groups is 1. The van der Waals surface area contributed by atoms with Crippen LogP contribution in [0.5, 0.6) is 5.75 Å². The Balaban J connectivity index is 1.61. The summed E-state index contributed by atoms with van der Waals surface area (Å²) in [6.07, 6.45) is 8.30. The van der Waals surface area contributed by atoms with Crippen LogP contribution in [0.25, 0.3) is 0 Å². The number of hydrogen-bond acceptors (Lipinski definition) is 5. The molecule has 4 rings (SSSR count). The van der Waals surface area contributed by atoms with Crippen LogP contribution in [0.2, 0.25) is 0 Å². The third-order valence-corrected chi connectivity index (χ3v) is 8.21. The molecule has 2 heterocycles. The van der Waals surface area contributed by atoms with E-state index in [0.29, 0.717) is 18.7 Å². The van der Waals surface area contributed by atoms with E-state index < -0.39 is 10.0 Å². The number of ether oxygens (including phenoxy) is 1. The lowest BCUT2D eigenvalue weighted by Crippen LogP contribution is -2.33. The number of aryl methyl sites for hydroxylation is 1. The highest BCUT2D eigenvalue weighted by Crippen LogP contribution is 2.31. The SMILES string of the molecule is COc1ccc(C(=O)NC2CCCc3c2cnn3C)cc1S(=O)(=O)N1CCCCCC1. The summed E-state index contributed by atoms with van der Waals surface area (Å²) in [6.45, 7) is 0.988. The molecule has 1 amide bonds. The highest BCUT2D eigenvalue weighted by Gasteiger charge is 2.30. The van der Waals surface area contributed by atoms with Crippen LogP contribution in [0.3, 0.4) is 0 Å². The Morgan fingerprint density at radius 3 is 2.61 bits per heavy atom. The van der Waals surface area contributed by atoms with Crippen LogP contribution in [0.15, 0.2) is 29.3 Å². The van der Waals surface area contributed by atoms with Crippen molar-refractivity contribution in [1.29, 1.82) is 0 Å². The van der Waals surface area contributed by atoms with Gasteiger partial charge in [0.1, 0.15) is 10.6 Å². The highest BCUT2D eigenvalue weighted by molar-refractivity contribution is 7.89. The molecule has 1 unspecified atom stereocenters. The van der Waals surface area contributed by atoms with Gasteiger partial charge in [-0.15, -0.1) is 0 Å². The van der Waals surface area contributed by atoms with Crippen LogP contribution in [-0.2, 0) is 23.5 Å². The quantitative estimate of drug-likeness (QED) is 0.762. The lowest BCUT2D eigenvalue weighted by Gasteiger charge is -2.24. The van der Waals surface area contributed by atoms with Crippen molar-refractivity contribution in [3.63, 3.8) is 0 Å². The molecule has 1 N–H and O–H groups in total. The van der Waals surface area contributed by atoms with Crippen molar-refractivity contribution in [3.8, 4) is 5.75 Å². The molecule has 2 aromatic rings. The van der Waals surface area contributed by atoms with Crippen LogP contribution >= 0.6 is 0 Å². The van der Waals surface area contributed by atoms with Gasteiger partial charge in [0, 0.05) is 37.0 Å². The normalized spacial score (nSPS) is 20.0. The van der Waals surface area contributed by atoms with E-state index in [-0.39, 0.29) is 22.6 Å². The fraction of sp³-hybridized carbons (Fsp3) is 0.545. The highest BCUT2D eigenvalue weighted by atomic mass is 32.2. The predicted molar refractivity (Wildman–Crippen MR) is 117 cm³/mol. The molecule has 0 saturated carbocycles. The number of methoxy groups -OCH3 is 1. The molecule has 168 valence electrons. The van der Waals surface area contributed by atoms with Crippen LogP contribution < -0.4 is 10.1 Å². The van der Waals surface area contributed by atoms with Gasteiger partial charge < -0.3 is 10.1 Å². The van der Waals surface area contributed by atoms with Crippen LogP contribution in [-0.4, -0.2) is 48.6 Å². The molecular weight excluding hydrogens is 416 g/mol. The van der Waals surface area contributed by atoms with Crippen LogP contribution in [0, 0.1) is 0 Å². The predicted octanol–water partition coefficient (Wildman–Crippen LogP) is 2.80. The molecular formula is C22H30N4O4S. The van der Waals surface area contributed by atoms with Gasteiger partial charge in [-0.05, 0) is 50.3 Å². The van der Waals surface area contributed by atoms with Gasteiger partial charge in [-0.3, -0.25) is 9.48 Å². The number of benzene rings is 1. The molecule has 9 heteroatoms. The Morgan fingerprint density at radius 1 is 1.16 bits per heavy atom. The second-order valence-electron chi connectivity index (χ2n) is 8.27. The molecule has 0 bridgehead atoms. The Bertz CT molecular complexity index is 1060. The van der Waals surface area contributed by atoms with Crippen molar-refractivity contribution in [1.82, 2.24) is 19.4 Å². The fourth-order valence-electron chi connectivity index (χ4n) is 4.54. The number of aromatic nitrogens is 2. The second-order valence-corrected chi connectivity index (χ2v) is 10.2. The van der Waals surface area contributed by atoms with E-state index in [4.69, 9.17) is 4.74 Å². The number of carbonyl (C=O) groups excluding carboxylic acids is 1. The second kappa shape index (κ2) is 9.00. The van der Waals surface area contributed by atoms with E-state index in [9.17, 15) is 13.2 Å². The van der Waals surface area contributed by atoms with Crippen molar-refractivity contribution in [3.05, 3.63) is 41.2 Å². The minimum Gasteiger partial charge on any atom is -0.495 e. The van der Waals surface area contributed by atoms with Crippen LogP contribution in [0.1, 0.15) is 66.2 Å². The molecule has 0 radical (unpaired) electrons. The first-order valence-corrected chi connectivity index (χ1v) is 12.4. The van der Waals surface area contributed by atoms with Gasteiger partial charge >= 0.3 is 0 Å².